The van der Waals surface area contributed by atoms with E-state index in [-0.39, 0.29) is 0 Å². The molecule has 0 aliphatic carbocycles. The number of hydrogen-bond acceptors (Lipinski definition) is 2. The Hall–Kier alpha value is -0.0800. The van der Waals surface area contributed by atoms with Crippen molar-refractivity contribution in [2.75, 3.05) is 39.3 Å². The topological polar surface area (TPSA) is 6.48 Å². The van der Waals surface area contributed by atoms with E-state index in [1.807, 2.05) is 0 Å². The lowest BCUT2D eigenvalue weighted by Gasteiger charge is -2.31. The van der Waals surface area contributed by atoms with Gasteiger partial charge in [-0.3, -0.25) is 0 Å². The fourth-order valence-electron chi connectivity index (χ4n) is 2.91. The van der Waals surface area contributed by atoms with Crippen molar-refractivity contribution < 1.29 is 0 Å². The molecule has 2 aliphatic heterocycles. The number of likely N-dealkylation sites (tertiary alicyclic amines) is 2. The van der Waals surface area contributed by atoms with Crippen LogP contribution in [0.1, 0.15) is 38.5 Å². The van der Waals surface area contributed by atoms with Gasteiger partial charge >= 0.3 is 0 Å². The third-order valence-electron chi connectivity index (χ3n) is 4.10. The van der Waals surface area contributed by atoms with Crippen LogP contribution in [0.5, 0.6) is 0 Å². The highest BCUT2D eigenvalue weighted by Gasteiger charge is 2.15. The van der Waals surface area contributed by atoms with E-state index in [9.17, 15) is 0 Å². The molecule has 2 aliphatic rings. The largest absolute Gasteiger partial charge is 0.303 e. The van der Waals surface area contributed by atoms with Crippen LogP contribution in [0, 0.1) is 12.8 Å². The van der Waals surface area contributed by atoms with Gasteiger partial charge in [0.15, 0.2) is 0 Å². The fourth-order valence-corrected chi connectivity index (χ4v) is 2.91. The zero-order valence-electron chi connectivity index (χ0n) is 10.7. The molecule has 16 heavy (non-hydrogen) atoms. The minimum Gasteiger partial charge on any atom is -0.303 e. The molecule has 93 valence electrons. The molecular weight excluding hydrogens is 196 g/mol. The Kier molecular flexibility index (Phi) is 5.11. The van der Waals surface area contributed by atoms with Gasteiger partial charge in [0, 0.05) is 0 Å². The van der Waals surface area contributed by atoms with E-state index >= 15 is 0 Å². The summed E-state index contributed by atoms with van der Waals surface area (Å²) in [6.07, 6.45) is 8.28. The molecule has 2 rings (SSSR count). The maximum absolute atomic E-state index is 4.15. The summed E-state index contributed by atoms with van der Waals surface area (Å²) < 4.78 is 0. The lowest BCUT2D eigenvalue weighted by molar-refractivity contribution is 0.175. The number of piperidine rings is 2. The number of nitrogens with zero attached hydrogens (tertiary/aromatic N) is 2. The first kappa shape index (κ1) is 12.4. The molecule has 2 heterocycles. The van der Waals surface area contributed by atoms with Crippen molar-refractivity contribution in [1.29, 1.82) is 0 Å². The Morgan fingerprint density at radius 1 is 0.812 bits per heavy atom. The van der Waals surface area contributed by atoms with E-state index in [0.717, 1.165) is 5.92 Å². The molecule has 0 saturated carbocycles. The standard InChI is InChI=1S/C14H27N2/c1-14-6-12-16(13-7-14)11-5-10-15-8-3-2-4-9-15/h14H,1-13H2. The van der Waals surface area contributed by atoms with Crippen molar-refractivity contribution in [3.05, 3.63) is 6.92 Å². The maximum Gasteiger partial charge on any atom is -0.000654 e. The molecular formula is C14H27N2. The summed E-state index contributed by atoms with van der Waals surface area (Å²) in [4.78, 5) is 5.28. The predicted molar refractivity (Wildman–Crippen MR) is 69.4 cm³/mol. The molecule has 0 unspecified atom stereocenters. The van der Waals surface area contributed by atoms with Gasteiger partial charge in [0.25, 0.3) is 0 Å². The second-order valence-corrected chi connectivity index (χ2v) is 5.54. The molecule has 0 aromatic heterocycles. The van der Waals surface area contributed by atoms with Crippen LogP contribution < -0.4 is 0 Å². The van der Waals surface area contributed by atoms with Crippen molar-refractivity contribution in [1.82, 2.24) is 9.80 Å². The normalized spacial score (nSPS) is 26.1. The molecule has 0 aromatic carbocycles. The van der Waals surface area contributed by atoms with Crippen LogP contribution in [0.25, 0.3) is 0 Å². The van der Waals surface area contributed by atoms with E-state index < -0.39 is 0 Å². The lowest BCUT2D eigenvalue weighted by atomic mass is 9.99. The third kappa shape index (κ3) is 4.06. The second-order valence-electron chi connectivity index (χ2n) is 5.54. The van der Waals surface area contributed by atoms with Gasteiger partial charge in [-0.2, -0.15) is 0 Å². The summed E-state index contributed by atoms with van der Waals surface area (Å²) in [6.45, 7) is 12.1. The highest BCUT2D eigenvalue weighted by atomic mass is 15.1. The Morgan fingerprint density at radius 3 is 2.00 bits per heavy atom. The van der Waals surface area contributed by atoms with Gasteiger partial charge in [-0.1, -0.05) is 13.3 Å². The predicted octanol–water partition coefficient (Wildman–Crippen LogP) is 2.41. The van der Waals surface area contributed by atoms with Crippen molar-refractivity contribution in [2.24, 2.45) is 5.92 Å². The van der Waals surface area contributed by atoms with Crippen molar-refractivity contribution >= 4 is 0 Å². The van der Waals surface area contributed by atoms with E-state index in [0.29, 0.717) is 0 Å². The van der Waals surface area contributed by atoms with Crippen molar-refractivity contribution in [3.8, 4) is 0 Å². The Morgan fingerprint density at radius 2 is 1.38 bits per heavy atom. The van der Waals surface area contributed by atoms with Gasteiger partial charge in [0.05, 0.1) is 0 Å². The van der Waals surface area contributed by atoms with Crippen LogP contribution >= 0.6 is 0 Å². The van der Waals surface area contributed by atoms with Crippen LogP contribution in [-0.4, -0.2) is 49.1 Å². The molecule has 2 nitrogen and oxygen atoms in total. The summed E-state index contributed by atoms with van der Waals surface area (Å²) in [5, 5.41) is 0. The Balaban J connectivity index is 1.53. The maximum atomic E-state index is 4.15. The third-order valence-corrected chi connectivity index (χ3v) is 4.10. The van der Waals surface area contributed by atoms with Gasteiger partial charge in [0.1, 0.15) is 0 Å². The quantitative estimate of drug-likeness (QED) is 0.722. The van der Waals surface area contributed by atoms with Gasteiger partial charge in [-0.15, -0.1) is 0 Å². The molecule has 0 aromatic rings. The second kappa shape index (κ2) is 6.61. The fraction of sp³-hybridized carbons (Fsp3) is 0.929. The minimum absolute atomic E-state index is 0.721. The summed E-state index contributed by atoms with van der Waals surface area (Å²) in [6, 6.07) is 0. The van der Waals surface area contributed by atoms with E-state index in [1.165, 1.54) is 77.8 Å². The molecule has 2 saturated heterocycles. The first-order valence-electron chi connectivity index (χ1n) is 7.12. The number of rotatable bonds is 4. The van der Waals surface area contributed by atoms with Crippen molar-refractivity contribution in [3.63, 3.8) is 0 Å². The van der Waals surface area contributed by atoms with Crippen LogP contribution in [0.4, 0.5) is 0 Å². The van der Waals surface area contributed by atoms with E-state index in [4.69, 9.17) is 0 Å². The van der Waals surface area contributed by atoms with Gasteiger partial charge in [-0.05, 0) is 77.3 Å². The SMILES string of the molecule is [CH2]C1CCN(CCCN2CCCCC2)CC1. The molecule has 1 radical (unpaired) electrons. The van der Waals surface area contributed by atoms with Gasteiger partial charge < -0.3 is 9.80 Å². The molecule has 0 bridgehead atoms. The molecule has 0 spiro atoms. The van der Waals surface area contributed by atoms with Crippen LogP contribution in [0.3, 0.4) is 0 Å². The lowest BCUT2D eigenvalue weighted by Crippen LogP contribution is -2.36. The zero-order valence-corrected chi connectivity index (χ0v) is 10.7. The van der Waals surface area contributed by atoms with E-state index in [2.05, 4.69) is 16.7 Å². The number of hydrogen-bond donors (Lipinski definition) is 0. The van der Waals surface area contributed by atoms with Crippen LogP contribution in [0.2, 0.25) is 0 Å². The summed E-state index contributed by atoms with van der Waals surface area (Å²) >= 11 is 0. The van der Waals surface area contributed by atoms with Gasteiger partial charge in [0.2, 0.25) is 0 Å². The highest BCUT2D eigenvalue weighted by Crippen LogP contribution is 2.16. The molecule has 2 fully saturated rings. The minimum atomic E-state index is 0.721. The molecule has 0 atom stereocenters. The smallest absolute Gasteiger partial charge is 0.000654 e. The Bertz CT molecular complexity index is 179. The Labute approximate surface area is 101 Å². The molecule has 2 heteroatoms. The van der Waals surface area contributed by atoms with Crippen LogP contribution in [0.15, 0.2) is 0 Å². The highest BCUT2D eigenvalue weighted by molar-refractivity contribution is 4.74. The summed E-state index contributed by atoms with van der Waals surface area (Å²) in [7, 11) is 0. The van der Waals surface area contributed by atoms with Crippen molar-refractivity contribution in [2.45, 2.75) is 38.5 Å². The van der Waals surface area contributed by atoms with Gasteiger partial charge in [-0.25, -0.2) is 0 Å². The summed E-state index contributed by atoms with van der Waals surface area (Å²) in [5.41, 5.74) is 0. The summed E-state index contributed by atoms with van der Waals surface area (Å²) in [5.74, 6) is 0.721. The average molecular weight is 223 g/mol. The average Bonchev–Trinajstić information content (AvgIpc) is 2.33. The molecule has 0 N–H and O–H groups in total. The molecule has 0 amide bonds. The van der Waals surface area contributed by atoms with E-state index in [1.54, 1.807) is 0 Å². The zero-order chi connectivity index (χ0) is 11.2. The first-order valence-corrected chi connectivity index (χ1v) is 7.12. The first-order chi connectivity index (χ1) is 7.84. The monoisotopic (exact) mass is 223 g/mol. The van der Waals surface area contributed by atoms with Crippen LogP contribution in [-0.2, 0) is 0 Å².